The Balaban J connectivity index is 1.98. The van der Waals surface area contributed by atoms with E-state index in [9.17, 15) is 15.5 Å². The molecule has 138 valence electrons. The molecule has 6 nitrogen and oxygen atoms in total. The minimum Gasteiger partial charge on any atom is -0.758 e. The first-order valence-corrected chi connectivity index (χ1v) is 8.77. The van der Waals surface area contributed by atoms with Crippen molar-refractivity contribution in [2.75, 3.05) is 7.11 Å². The van der Waals surface area contributed by atoms with Crippen molar-refractivity contribution >= 4 is 23.1 Å². The Kier molecular flexibility index (Phi) is 4.58. The fourth-order valence-electron chi connectivity index (χ4n) is 3.49. The highest BCUT2D eigenvalue weighted by molar-refractivity contribution is 6.08. The zero-order chi connectivity index (χ0) is 20.4. The number of esters is 1. The largest absolute Gasteiger partial charge is 0.758 e. The van der Waals surface area contributed by atoms with Gasteiger partial charge in [-0.2, -0.15) is 11.1 Å². The fourth-order valence-corrected chi connectivity index (χ4v) is 3.49. The normalized spacial score (nSPS) is 11.0. The van der Waals surface area contributed by atoms with Gasteiger partial charge in [0.2, 0.25) is 6.20 Å². The minimum atomic E-state index is -0.554. The second-order valence-electron chi connectivity index (χ2n) is 6.27. The van der Waals surface area contributed by atoms with Crippen molar-refractivity contribution in [1.29, 1.82) is 5.26 Å². The molecule has 0 amide bonds. The van der Waals surface area contributed by atoms with Crippen molar-refractivity contribution < 1.29 is 14.2 Å². The lowest BCUT2D eigenvalue weighted by molar-refractivity contribution is -0.643. The molecular formula is C23H14N4O2. The van der Waals surface area contributed by atoms with Crippen LogP contribution in [-0.4, -0.2) is 24.0 Å². The molecule has 0 bridgehead atoms. The predicted molar refractivity (Wildman–Crippen MR) is 107 cm³/mol. The van der Waals surface area contributed by atoms with Gasteiger partial charge in [-0.15, -0.1) is 0 Å². The van der Waals surface area contributed by atoms with Crippen LogP contribution in [0.2, 0.25) is 0 Å². The van der Waals surface area contributed by atoms with Crippen LogP contribution >= 0.6 is 0 Å². The van der Waals surface area contributed by atoms with E-state index in [1.807, 2.05) is 48.5 Å². The van der Waals surface area contributed by atoms with E-state index in [4.69, 9.17) is 4.74 Å². The maximum Gasteiger partial charge on any atom is 0.344 e. The zero-order valence-electron chi connectivity index (χ0n) is 15.5. The first kappa shape index (κ1) is 18.1. The summed E-state index contributed by atoms with van der Waals surface area (Å²) in [5, 5.41) is 24.0. The molecule has 2 aromatic carbocycles. The van der Waals surface area contributed by atoms with E-state index in [2.05, 4.69) is 17.0 Å². The molecule has 0 fully saturated rings. The predicted octanol–water partition coefficient (Wildman–Crippen LogP) is 3.24. The van der Waals surface area contributed by atoms with E-state index >= 15 is 0 Å². The summed E-state index contributed by atoms with van der Waals surface area (Å²) < 4.78 is 5.97. The molecule has 1 heterocycles. The maximum absolute atomic E-state index is 11.9. The molecule has 0 aliphatic heterocycles. The highest BCUT2D eigenvalue weighted by atomic mass is 16.5. The summed E-state index contributed by atoms with van der Waals surface area (Å²) in [6.07, 6.45) is 2.77. The number of benzene rings is 2. The Hall–Kier alpha value is -4.33. The molecule has 1 aromatic heterocycles. The van der Waals surface area contributed by atoms with Crippen LogP contribution in [0.1, 0.15) is 21.5 Å². The van der Waals surface area contributed by atoms with E-state index in [1.54, 1.807) is 0 Å². The van der Waals surface area contributed by atoms with E-state index in [1.165, 1.54) is 30.3 Å². The van der Waals surface area contributed by atoms with Gasteiger partial charge in [0.25, 0.3) is 5.70 Å². The monoisotopic (exact) mass is 378 g/mol. The molecule has 1 aliphatic carbocycles. The van der Waals surface area contributed by atoms with Crippen molar-refractivity contribution in [2.45, 2.75) is 0 Å². The van der Waals surface area contributed by atoms with Crippen LogP contribution in [0.4, 0.5) is 0 Å². The van der Waals surface area contributed by atoms with Crippen LogP contribution < -0.4 is 4.68 Å². The Bertz CT molecular complexity index is 1230. The summed E-state index contributed by atoms with van der Waals surface area (Å²) in [4.78, 5) is 11.9. The Labute approximate surface area is 167 Å². The van der Waals surface area contributed by atoms with Gasteiger partial charge in [-0.25, -0.2) is 4.79 Å². The molecule has 1 aliphatic rings. The molecule has 0 unspecified atom stereocenters. The number of nitrogens with zero attached hydrogens (tertiary/aromatic N) is 4. The number of nitriles is 1. The Morgan fingerprint density at radius 2 is 1.62 bits per heavy atom. The van der Waals surface area contributed by atoms with Crippen molar-refractivity contribution in [2.24, 2.45) is 0 Å². The third kappa shape index (κ3) is 2.92. The van der Waals surface area contributed by atoms with E-state index in [0.717, 1.165) is 22.3 Å². The molecule has 0 saturated carbocycles. The molecule has 0 saturated heterocycles. The summed E-state index contributed by atoms with van der Waals surface area (Å²) in [5.41, 5.74) is 4.88. The van der Waals surface area contributed by atoms with E-state index in [-0.39, 0.29) is 16.8 Å². The van der Waals surface area contributed by atoms with Crippen LogP contribution in [0, 0.1) is 11.3 Å². The highest BCUT2D eigenvalue weighted by Gasteiger charge is 2.30. The van der Waals surface area contributed by atoms with Gasteiger partial charge in [0.1, 0.15) is 17.2 Å². The summed E-state index contributed by atoms with van der Waals surface area (Å²) in [6, 6.07) is 19.2. The molecule has 0 spiro atoms. The van der Waals surface area contributed by atoms with Gasteiger partial charge >= 0.3 is 5.97 Å². The van der Waals surface area contributed by atoms with E-state index in [0.29, 0.717) is 5.57 Å². The van der Waals surface area contributed by atoms with Gasteiger partial charge in [-0.1, -0.05) is 48.5 Å². The van der Waals surface area contributed by atoms with Gasteiger partial charge in [-0.3, -0.25) is 0 Å². The van der Waals surface area contributed by atoms with Gasteiger partial charge in [0.15, 0.2) is 0 Å². The average Bonchev–Trinajstić information content (AvgIpc) is 3.11. The van der Waals surface area contributed by atoms with Crippen LogP contribution in [0.15, 0.2) is 72.6 Å². The quantitative estimate of drug-likeness (QED) is 0.237. The van der Waals surface area contributed by atoms with E-state index < -0.39 is 5.97 Å². The summed E-state index contributed by atoms with van der Waals surface area (Å²) in [6.45, 7) is 0. The van der Waals surface area contributed by atoms with Crippen molar-refractivity contribution in [3.05, 3.63) is 94.7 Å². The third-order valence-electron chi connectivity index (χ3n) is 4.74. The number of carbonyl (C=O) groups excluding carboxylic acids is 1. The van der Waals surface area contributed by atoms with Gasteiger partial charge in [0.05, 0.1) is 13.3 Å². The van der Waals surface area contributed by atoms with Gasteiger partial charge < -0.3 is 10.1 Å². The number of rotatable bonds is 3. The maximum atomic E-state index is 11.9. The molecule has 6 heteroatoms. The number of hydrogen-bond acceptors (Lipinski definition) is 4. The summed E-state index contributed by atoms with van der Waals surface area (Å²) >= 11 is 0. The lowest BCUT2D eigenvalue weighted by Gasteiger charge is -2.06. The standard InChI is InChI=1S/C23H14N4O2/c1-29-23(28)15-10-11-26-27(14-15)21(13-25)20(12-24)22-18-8-4-2-6-16(18)17-7-3-5-9-19(17)22/h2-11,14H,1H3. The number of hydrogen-bond donors (Lipinski definition) is 0. The SMILES string of the molecule is COC(=O)c1ccn[n+](C(=C=[N-])C(C#N)=C2c3ccccc3-c3ccccc32)c1. The minimum absolute atomic E-state index is 0.0276. The van der Waals surface area contributed by atoms with Gasteiger partial charge in [0, 0.05) is 5.57 Å². The number of carbonyl (C=O) groups is 1. The summed E-state index contributed by atoms with van der Waals surface area (Å²) in [7, 11) is 1.27. The van der Waals surface area contributed by atoms with Crippen LogP contribution in [0.5, 0.6) is 0 Å². The number of allylic oxidation sites excluding steroid dienone is 2. The Morgan fingerprint density at radius 1 is 1.03 bits per heavy atom. The summed E-state index contributed by atoms with van der Waals surface area (Å²) in [5.74, 6) is 1.52. The number of aromatic nitrogens is 2. The van der Waals surface area contributed by atoms with Crippen LogP contribution in [0.3, 0.4) is 0 Å². The second kappa shape index (κ2) is 7.35. The average molecular weight is 378 g/mol. The molecule has 0 atom stereocenters. The Morgan fingerprint density at radius 3 is 2.14 bits per heavy atom. The molecular weight excluding hydrogens is 364 g/mol. The number of methoxy groups -OCH3 is 1. The van der Waals surface area contributed by atoms with Crippen LogP contribution in [0.25, 0.3) is 27.8 Å². The number of ether oxygens (including phenoxy) is 1. The fraction of sp³-hybridized carbons (Fsp3) is 0.0435. The van der Waals surface area contributed by atoms with Crippen LogP contribution in [-0.2, 0) is 4.74 Å². The lowest BCUT2D eigenvalue weighted by Crippen LogP contribution is -2.38. The van der Waals surface area contributed by atoms with Crippen molar-refractivity contribution in [3.63, 3.8) is 0 Å². The van der Waals surface area contributed by atoms with Crippen molar-refractivity contribution in [3.8, 4) is 17.2 Å². The highest BCUT2D eigenvalue weighted by Crippen LogP contribution is 2.46. The molecule has 0 N–H and O–H groups in total. The first-order chi connectivity index (χ1) is 14.2. The molecule has 0 radical (unpaired) electrons. The number of fused-ring (bicyclic) bond motifs is 3. The van der Waals surface area contributed by atoms with Gasteiger partial charge in [-0.05, 0) is 38.1 Å². The molecule has 29 heavy (non-hydrogen) atoms. The zero-order valence-corrected chi connectivity index (χ0v) is 15.5. The lowest BCUT2D eigenvalue weighted by atomic mass is 9.97. The third-order valence-corrected chi connectivity index (χ3v) is 4.74. The first-order valence-electron chi connectivity index (χ1n) is 8.77. The van der Waals surface area contributed by atoms with Crippen molar-refractivity contribution in [1.82, 2.24) is 5.10 Å². The topological polar surface area (TPSA) is 89.2 Å². The molecule has 3 aromatic rings. The second-order valence-corrected chi connectivity index (χ2v) is 6.27. The smallest absolute Gasteiger partial charge is 0.344 e. The molecule has 4 rings (SSSR count).